The zero-order valence-electron chi connectivity index (χ0n) is 16.2. The summed E-state index contributed by atoms with van der Waals surface area (Å²) in [6, 6.07) is 12.9. The lowest BCUT2D eigenvalue weighted by atomic mass is 10.1. The lowest BCUT2D eigenvalue weighted by Gasteiger charge is -2.15. The summed E-state index contributed by atoms with van der Waals surface area (Å²) >= 11 is 5.94. The van der Waals surface area contributed by atoms with Crippen LogP contribution in [-0.4, -0.2) is 34.6 Å². The van der Waals surface area contributed by atoms with Crippen LogP contribution in [0.3, 0.4) is 0 Å². The number of carbonyl (C=O) groups is 1. The molecular weight excluding hydrogens is 408 g/mol. The van der Waals surface area contributed by atoms with E-state index in [1.54, 1.807) is 13.0 Å². The predicted molar refractivity (Wildman–Crippen MR) is 112 cm³/mol. The van der Waals surface area contributed by atoms with Crippen LogP contribution < -0.4 is 10.1 Å². The van der Waals surface area contributed by atoms with Gasteiger partial charge in [-0.05, 0) is 42.8 Å². The van der Waals surface area contributed by atoms with Crippen molar-refractivity contribution in [2.75, 3.05) is 19.0 Å². The van der Waals surface area contributed by atoms with Gasteiger partial charge >= 0.3 is 5.97 Å². The van der Waals surface area contributed by atoms with Gasteiger partial charge in [0.15, 0.2) is 11.3 Å². The molecule has 1 N–H and O–H groups in total. The van der Waals surface area contributed by atoms with Crippen molar-refractivity contribution in [2.45, 2.75) is 6.92 Å². The number of fused-ring (bicyclic) bond motifs is 1. The Bertz CT molecular complexity index is 1190. The van der Waals surface area contributed by atoms with E-state index in [0.29, 0.717) is 28.5 Å². The number of aromatic nitrogens is 3. The normalized spacial score (nSPS) is 10.8. The quantitative estimate of drug-likeness (QED) is 0.346. The summed E-state index contributed by atoms with van der Waals surface area (Å²) in [5.41, 5.74) is 2.73. The van der Waals surface area contributed by atoms with Gasteiger partial charge in [-0.1, -0.05) is 18.2 Å². The summed E-state index contributed by atoms with van der Waals surface area (Å²) in [7, 11) is 1.53. The van der Waals surface area contributed by atoms with Gasteiger partial charge in [0, 0.05) is 6.20 Å². The zero-order chi connectivity index (χ0) is 21.1. The van der Waals surface area contributed by atoms with Gasteiger partial charge in [-0.3, -0.25) is 0 Å². The van der Waals surface area contributed by atoms with Gasteiger partial charge in [-0.25, -0.2) is 14.8 Å². The molecule has 0 saturated heterocycles. The van der Waals surface area contributed by atoms with E-state index in [1.165, 1.54) is 13.3 Å². The molecule has 30 heavy (non-hydrogen) atoms. The summed E-state index contributed by atoms with van der Waals surface area (Å²) < 4.78 is 16.6. The number of benzene rings is 2. The Morgan fingerprint density at radius 3 is 2.77 bits per heavy atom. The van der Waals surface area contributed by atoms with Crippen molar-refractivity contribution in [1.82, 2.24) is 15.0 Å². The Balaban J connectivity index is 1.77. The van der Waals surface area contributed by atoms with E-state index >= 15 is 0 Å². The standard InChI is InChI=1S/C21H17ClN4O4/c1-3-29-20(27)13-11-23-21(22)26-18(13)24-15-9-6-7-12(17(15)28-2)19-25-14-8-4-5-10-16(14)30-19/h4-11H,3H2,1-2H3,(H,23,24,26). The van der Waals surface area contributed by atoms with E-state index in [4.69, 9.17) is 25.5 Å². The van der Waals surface area contributed by atoms with Gasteiger partial charge < -0.3 is 19.2 Å². The van der Waals surface area contributed by atoms with Crippen molar-refractivity contribution >= 4 is 40.2 Å². The van der Waals surface area contributed by atoms with Crippen LogP contribution in [0.1, 0.15) is 17.3 Å². The molecule has 0 aliphatic heterocycles. The average Bonchev–Trinajstić information content (AvgIpc) is 3.18. The second-order valence-corrected chi connectivity index (χ2v) is 6.46. The molecule has 2 heterocycles. The highest BCUT2D eigenvalue weighted by Crippen LogP contribution is 2.38. The van der Waals surface area contributed by atoms with Crippen LogP contribution in [0.15, 0.2) is 53.1 Å². The number of hydrogen-bond donors (Lipinski definition) is 1. The molecule has 0 atom stereocenters. The molecule has 0 amide bonds. The fourth-order valence-corrected chi connectivity index (χ4v) is 3.09. The maximum absolute atomic E-state index is 12.3. The maximum atomic E-state index is 12.3. The summed E-state index contributed by atoms with van der Waals surface area (Å²) in [4.78, 5) is 24.8. The van der Waals surface area contributed by atoms with Crippen LogP contribution in [0, 0.1) is 0 Å². The molecule has 0 spiro atoms. The van der Waals surface area contributed by atoms with Gasteiger partial charge in [0.2, 0.25) is 11.2 Å². The second-order valence-electron chi connectivity index (χ2n) is 6.12. The van der Waals surface area contributed by atoms with E-state index in [1.807, 2.05) is 36.4 Å². The minimum absolute atomic E-state index is 0.0142. The van der Waals surface area contributed by atoms with Crippen LogP contribution in [0.4, 0.5) is 11.5 Å². The maximum Gasteiger partial charge on any atom is 0.343 e. The Hall–Kier alpha value is -3.65. The molecule has 0 aliphatic rings. The molecule has 8 nitrogen and oxygen atoms in total. The first-order chi connectivity index (χ1) is 14.6. The first-order valence-corrected chi connectivity index (χ1v) is 9.48. The van der Waals surface area contributed by atoms with Gasteiger partial charge in [0.05, 0.1) is 25.0 Å². The van der Waals surface area contributed by atoms with Crippen molar-refractivity contribution in [1.29, 1.82) is 0 Å². The van der Waals surface area contributed by atoms with Gasteiger partial charge in [-0.15, -0.1) is 0 Å². The highest BCUT2D eigenvalue weighted by molar-refractivity contribution is 6.28. The van der Waals surface area contributed by atoms with Crippen LogP contribution in [0.2, 0.25) is 5.28 Å². The van der Waals surface area contributed by atoms with E-state index in [-0.39, 0.29) is 23.3 Å². The number of methoxy groups -OCH3 is 1. The van der Waals surface area contributed by atoms with Gasteiger partial charge in [-0.2, -0.15) is 4.98 Å². The molecule has 0 aliphatic carbocycles. The van der Waals surface area contributed by atoms with E-state index in [0.717, 1.165) is 5.52 Å². The van der Waals surface area contributed by atoms with Crippen LogP contribution in [-0.2, 0) is 4.74 Å². The number of para-hydroxylation sites is 3. The average molecular weight is 425 g/mol. The van der Waals surface area contributed by atoms with E-state index in [9.17, 15) is 4.79 Å². The number of halogens is 1. The SMILES string of the molecule is CCOC(=O)c1cnc(Cl)nc1Nc1cccc(-c2nc3ccccc3o2)c1OC. The van der Waals surface area contributed by atoms with Crippen molar-refractivity contribution < 1.29 is 18.7 Å². The number of nitrogens with one attached hydrogen (secondary N) is 1. The molecule has 0 fully saturated rings. The topological polar surface area (TPSA) is 99.4 Å². The van der Waals surface area contributed by atoms with E-state index in [2.05, 4.69) is 20.3 Å². The Kier molecular flexibility index (Phi) is 5.49. The minimum atomic E-state index is -0.564. The van der Waals surface area contributed by atoms with Crippen LogP contribution in [0.5, 0.6) is 5.75 Å². The van der Waals surface area contributed by atoms with Crippen molar-refractivity contribution in [3.63, 3.8) is 0 Å². The summed E-state index contributed by atoms with van der Waals surface area (Å²) in [6.07, 6.45) is 1.31. The number of nitrogens with zero attached hydrogens (tertiary/aromatic N) is 3. The second kappa shape index (κ2) is 8.38. The van der Waals surface area contributed by atoms with Gasteiger partial charge in [0.1, 0.15) is 16.9 Å². The number of oxazole rings is 1. The smallest absolute Gasteiger partial charge is 0.343 e. The Morgan fingerprint density at radius 1 is 1.17 bits per heavy atom. The molecule has 9 heteroatoms. The molecule has 2 aromatic heterocycles. The molecule has 0 radical (unpaired) electrons. The number of carbonyl (C=O) groups excluding carboxylic acids is 1. The number of rotatable bonds is 6. The minimum Gasteiger partial charge on any atom is -0.494 e. The third kappa shape index (κ3) is 3.77. The molecule has 2 aromatic carbocycles. The lowest BCUT2D eigenvalue weighted by Crippen LogP contribution is -2.10. The molecule has 152 valence electrons. The van der Waals surface area contributed by atoms with Gasteiger partial charge in [0.25, 0.3) is 0 Å². The largest absolute Gasteiger partial charge is 0.494 e. The lowest BCUT2D eigenvalue weighted by molar-refractivity contribution is 0.0526. The molecule has 4 aromatic rings. The number of ether oxygens (including phenoxy) is 2. The van der Waals surface area contributed by atoms with Crippen molar-refractivity contribution in [2.24, 2.45) is 0 Å². The van der Waals surface area contributed by atoms with Crippen LogP contribution in [0.25, 0.3) is 22.6 Å². The molecular formula is C21H17ClN4O4. The van der Waals surface area contributed by atoms with Crippen molar-refractivity contribution in [3.8, 4) is 17.2 Å². The summed E-state index contributed by atoms with van der Waals surface area (Å²) in [5.74, 6) is 0.504. The monoisotopic (exact) mass is 424 g/mol. The van der Waals surface area contributed by atoms with Crippen LogP contribution >= 0.6 is 11.6 Å². The molecule has 0 saturated carbocycles. The fraction of sp³-hybridized carbons (Fsp3) is 0.143. The number of anilines is 2. The third-order valence-corrected chi connectivity index (χ3v) is 4.43. The first-order valence-electron chi connectivity index (χ1n) is 9.10. The molecule has 0 unspecified atom stereocenters. The third-order valence-electron chi connectivity index (χ3n) is 4.25. The fourth-order valence-electron chi connectivity index (χ4n) is 2.95. The summed E-state index contributed by atoms with van der Waals surface area (Å²) in [5, 5.41) is 3.07. The number of hydrogen-bond acceptors (Lipinski definition) is 8. The predicted octanol–water partition coefficient (Wildman–Crippen LogP) is 4.87. The number of esters is 1. The summed E-state index contributed by atoms with van der Waals surface area (Å²) in [6.45, 7) is 1.94. The zero-order valence-corrected chi connectivity index (χ0v) is 16.9. The first kappa shape index (κ1) is 19.7. The molecule has 4 rings (SSSR count). The molecule has 0 bridgehead atoms. The highest BCUT2D eigenvalue weighted by Gasteiger charge is 2.20. The highest BCUT2D eigenvalue weighted by atomic mass is 35.5. The Labute approximate surface area is 176 Å². The Morgan fingerprint density at radius 2 is 2.00 bits per heavy atom. The van der Waals surface area contributed by atoms with Crippen molar-refractivity contribution in [3.05, 3.63) is 59.5 Å². The van der Waals surface area contributed by atoms with E-state index < -0.39 is 5.97 Å².